The van der Waals surface area contributed by atoms with Crippen molar-refractivity contribution in [1.29, 1.82) is 0 Å². The number of nitrogens with one attached hydrogen (secondary N) is 2. The summed E-state index contributed by atoms with van der Waals surface area (Å²) in [5.74, 6) is 0.507. The van der Waals surface area contributed by atoms with Crippen LogP contribution in [0.2, 0.25) is 0 Å². The molecule has 1 unspecified atom stereocenters. The molecule has 1 aliphatic rings. The summed E-state index contributed by atoms with van der Waals surface area (Å²) < 4.78 is 4.98. The van der Waals surface area contributed by atoms with Gasteiger partial charge in [-0.1, -0.05) is 0 Å². The lowest BCUT2D eigenvalue weighted by atomic mass is 10.1. The van der Waals surface area contributed by atoms with E-state index in [2.05, 4.69) is 10.6 Å². The van der Waals surface area contributed by atoms with Crippen LogP contribution in [0.3, 0.4) is 0 Å². The van der Waals surface area contributed by atoms with Gasteiger partial charge in [0.25, 0.3) is 0 Å². The summed E-state index contributed by atoms with van der Waals surface area (Å²) in [6.45, 7) is 5.06. The zero-order valence-corrected chi connectivity index (χ0v) is 7.43. The molecule has 1 fully saturated rings. The van der Waals surface area contributed by atoms with Crippen molar-refractivity contribution < 1.29 is 9.53 Å². The second kappa shape index (κ2) is 4.98. The Morgan fingerprint density at radius 3 is 3.17 bits per heavy atom. The molecular weight excluding hydrogens is 156 g/mol. The summed E-state index contributed by atoms with van der Waals surface area (Å²) in [5, 5.41) is 5.80. The maximum Gasteiger partial charge on any atom is 0.407 e. The first-order chi connectivity index (χ1) is 5.83. The van der Waals surface area contributed by atoms with Gasteiger partial charge in [0, 0.05) is 19.0 Å². The fourth-order valence-corrected chi connectivity index (χ4v) is 1.25. The number of amides is 1. The maximum absolute atomic E-state index is 10.8. The van der Waals surface area contributed by atoms with Crippen LogP contribution in [0.25, 0.3) is 0 Å². The molecule has 1 aliphatic heterocycles. The second-order valence-corrected chi connectivity index (χ2v) is 2.99. The predicted molar refractivity (Wildman–Crippen MR) is 46.0 cm³/mol. The van der Waals surface area contributed by atoms with Crippen LogP contribution in [-0.4, -0.2) is 32.3 Å². The molecule has 1 saturated heterocycles. The fraction of sp³-hybridized carbons (Fsp3) is 0.875. The van der Waals surface area contributed by atoms with Crippen LogP contribution in [0.5, 0.6) is 0 Å². The van der Waals surface area contributed by atoms with E-state index in [0.29, 0.717) is 19.1 Å². The first-order valence-corrected chi connectivity index (χ1v) is 4.44. The van der Waals surface area contributed by atoms with Crippen molar-refractivity contribution in [3.8, 4) is 0 Å². The zero-order chi connectivity index (χ0) is 8.81. The van der Waals surface area contributed by atoms with Gasteiger partial charge in [0.05, 0.1) is 6.61 Å². The zero-order valence-electron chi connectivity index (χ0n) is 7.43. The minimum atomic E-state index is -0.301. The monoisotopic (exact) mass is 172 g/mol. The normalized spacial score (nSPS) is 22.2. The van der Waals surface area contributed by atoms with Gasteiger partial charge in [-0.15, -0.1) is 0 Å². The van der Waals surface area contributed by atoms with Gasteiger partial charge in [-0.3, -0.25) is 0 Å². The molecule has 1 atom stereocenters. The molecule has 0 aliphatic carbocycles. The molecule has 1 heterocycles. The Hall–Kier alpha value is -0.770. The van der Waals surface area contributed by atoms with Crippen molar-refractivity contribution in [2.75, 3.05) is 26.2 Å². The van der Waals surface area contributed by atoms with E-state index in [9.17, 15) is 4.79 Å². The summed E-state index contributed by atoms with van der Waals surface area (Å²) in [4.78, 5) is 10.8. The molecule has 0 aromatic carbocycles. The van der Waals surface area contributed by atoms with Crippen LogP contribution in [0.4, 0.5) is 4.79 Å². The number of hydrogen-bond acceptors (Lipinski definition) is 3. The molecule has 0 spiro atoms. The van der Waals surface area contributed by atoms with Gasteiger partial charge in [0.1, 0.15) is 0 Å². The van der Waals surface area contributed by atoms with Gasteiger partial charge in [-0.25, -0.2) is 4.79 Å². The molecule has 1 amide bonds. The SMILES string of the molecule is CCNC(=O)OCC1CCNC1. The Balaban J connectivity index is 2.03. The average Bonchev–Trinajstić information content (AvgIpc) is 2.53. The molecule has 12 heavy (non-hydrogen) atoms. The number of carbonyl (C=O) groups excluding carboxylic acids is 1. The van der Waals surface area contributed by atoms with Gasteiger partial charge in [-0.05, 0) is 19.9 Å². The summed E-state index contributed by atoms with van der Waals surface area (Å²) in [7, 11) is 0. The van der Waals surface area contributed by atoms with Crippen molar-refractivity contribution in [3.63, 3.8) is 0 Å². The highest BCUT2D eigenvalue weighted by molar-refractivity contribution is 5.66. The minimum Gasteiger partial charge on any atom is -0.449 e. The van der Waals surface area contributed by atoms with E-state index in [0.717, 1.165) is 19.5 Å². The van der Waals surface area contributed by atoms with Gasteiger partial charge in [0.2, 0.25) is 0 Å². The number of ether oxygens (including phenoxy) is 1. The van der Waals surface area contributed by atoms with E-state index in [4.69, 9.17) is 4.74 Å². The third-order valence-corrected chi connectivity index (χ3v) is 1.93. The molecule has 70 valence electrons. The van der Waals surface area contributed by atoms with Crippen LogP contribution < -0.4 is 10.6 Å². The molecule has 2 N–H and O–H groups in total. The standard InChI is InChI=1S/C8H16N2O2/c1-2-10-8(11)12-6-7-3-4-9-5-7/h7,9H,2-6H2,1H3,(H,10,11). The van der Waals surface area contributed by atoms with E-state index in [1.165, 1.54) is 0 Å². The number of hydrogen-bond donors (Lipinski definition) is 2. The van der Waals surface area contributed by atoms with Crippen LogP contribution in [-0.2, 0) is 4.74 Å². The fourth-order valence-electron chi connectivity index (χ4n) is 1.25. The van der Waals surface area contributed by atoms with Crippen molar-refractivity contribution in [2.24, 2.45) is 5.92 Å². The number of carbonyl (C=O) groups is 1. The Morgan fingerprint density at radius 1 is 1.75 bits per heavy atom. The third-order valence-electron chi connectivity index (χ3n) is 1.93. The molecule has 4 heteroatoms. The Bertz CT molecular complexity index is 144. The summed E-state index contributed by atoms with van der Waals surface area (Å²) in [6.07, 6.45) is 0.809. The Kier molecular flexibility index (Phi) is 3.87. The Labute approximate surface area is 72.7 Å². The van der Waals surface area contributed by atoms with E-state index in [-0.39, 0.29) is 6.09 Å². The van der Waals surface area contributed by atoms with Gasteiger partial charge >= 0.3 is 6.09 Å². The van der Waals surface area contributed by atoms with E-state index in [1.54, 1.807) is 0 Å². The van der Waals surface area contributed by atoms with Crippen LogP contribution in [0, 0.1) is 5.92 Å². The first-order valence-electron chi connectivity index (χ1n) is 4.44. The van der Waals surface area contributed by atoms with Gasteiger partial charge < -0.3 is 15.4 Å². The average molecular weight is 172 g/mol. The lowest BCUT2D eigenvalue weighted by molar-refractivity contribution is 0.130. The summed E-state index contributed by atoms with van der Waals surface area (Å²) in [5.41, 5.74) is 0. The smallest absolute Gasteiger partial charge is 0.407 e. The highest BCUT2D eigenvalue weighted by Gasteiger charge is 2.15. The van der Waals surface area contributed by atoms with Gasteiger partial charge in [0.15, 0.2) is 0 Å². The van der Waals surface area contributed by atoms with E-state index in [1.807, 2.05) is 6.92 Å². The summed E-state index contributed by atoms with van der Waals surface area (Å²) >= 11 is 0. The topological polar surface area (TPSA) is 50.4 Å². The number of alkyl carbamates (subject to hydrolysis) is 1. The lowest BCUT2D eigenvalue weighted by Gasteiger charge is -2.09. The molecule has 0 aromatic heterocycles. The molecule has 1 rings (SSSR count). The second-order valence-electron chi connectivity index (χ2n) is 2.99. The van der Waals surface area contributed by atoms with Crippen molar-refractivity contribution >= 4 is 6.09 Å². The predicted octanol–water partition coefficient (Wildman–Crippen LogP) is 0.342. The largest absolute Gasteiger partial charge is 0.449 e. The lowest BCUT2D eigenvalue weighted by Crippen LogP contribution is -2.26. The van der Waals surface area contributed by atoms with Crippen molar-refractivity contribution in [2.45, 2.75) is 13.3 Å². The molecule has 4 nitrogen and oxygen atoms in total. The maximum atomic E-state index is 10.8. The molecular formula is C8H16N2O2. The highest BCUT2D eigenvalue weighted by Crippen LogP contribution is 2.07. The summed E-state index contributed by atoms with van der Waals surface area (Å²) in [6, 6.07) is 0. The quantitative estimate of drug-likeness (QED) is 0.645. The Morgan fingerprint density at radius 2 is 2.58 bits per heavy atom. The van der Waals surface area contributed by atoms with Crippen LogP contribution >= 0.6 is 0 Å². The third kappa shape index (κ3) is 3.09. The van der Waals surface area contributed by atoms with Gasteiger partial charge in [-0.2, -0.15) is 0 Å². The molecule has 0 saturated carbocycles. The first kappa shape index (κ1) is 9.32. The van der Waals surface area contributed by atoms with E-state index >= 15 is 0 Å². The highest BCUT2D eigenvalue weighted by atomic mass is 16.5. The molecule has 0 radical (unpaired) electrons. The van der Waals surface area contributed by atoms with E-state index < -0.39 is 0 Å². The van der Waals surface area contributed by atoms with Crippen molar-refractivity contribution in [1.82, 2.24) is 10.6 Å². The van der Waals surface area contributed by atoms with Crippen molar-refractivity contribution in [3.05, 3.63) is 0 Å². The van der Waals surface area contributed by atoms with Crippen LogP contribution in [0.1, 0.15) is 13.3 Å². The van der Waals surface area contributed by atoms with Crippen LogP contribution in [0.15, 0.2) is 0 Å². The molecule has 0 aromatic rings. The molecule has 0 bridgehead atoms. The number of rotatable bonds is 3. The minimum absolute atomic E-state index is 0.301.